The number of hydrogen-bond donors (Lipinski definition) is 2. The average Bonchev–Trinajstić information content (AvgIpc) is 2.01. The summed E-state index contributed by atoms with van der Waals surface area (Å²) in [5.74, 6) is -0.394. The first kappa shape index (κ1) is 8.99. The van der Waals surface area contributed by atoms with Crippen LogP contribution < -0.4 is 11.1 Å². The highest BCUT2D eigenvalue weighted by Crippen LogP contribution is 2.12. The van der Waals surface area contributed by atoms with Crippen molar-refractivity contribution in [3.63, 3.8) is 0 Å². The van der Waals surface area contributed by atoms with Crippen LogP contribution in [0, 0.1) is 0 Å². The molecule has 64 valence electrons. The normalized spacial score (nSPS) is 9.42. The molecule has 0 aliphatic heterocycles. The smallest absolute Gasteiger partial charge is 0.236 e. The number of nitrogens with zero attached hydrogens (tertiary/aromatic N) is 1. The predicted octanol–water partition coefficient (Wildman–Crippen LogP) is 0.741. The highest BCUT2D eigenvalue weighted by molar-refractivity contribution is 9.10. The van der Waals surface area contributed by atoms with Gasteiger partial charge in [-0.2, -0.15) is 0 Å². The van der Waals surface area contributed by atoms with Gasteiger partial charge in [-0.3, -0.25) is 9.78 Å². The third kappa shape index (κ3) is 2.87. The summed E-state index contributed by atoms with van der Waals surface area (Å²) < 4.78 is 0.858. The second-order valence-electron chi connectivity index (χ2n) is 2.21. The fraction of sp³-hybridized carbons (Fsp3) is 0.143. The van der Waals surface area contributed by atoms with Crippen molar-refractivity contribution in [2.45, 2.75) is 0 Å². The summed E-state index contributed by atoms with van der Waals surface area (Å²) in [5.41, 5.74) is 5.71. The number of nitrogens with one attached hydrogen (secondary N) is 1. The maximum atomic E-state index is 10.4. The second-order valence-corrected chi connectivity index (χ2v) is 3.13. The van der Waals surface area contributed by atoms with Gasteiger partial charge in [0.1, 0.15) is 0 Å². The minimum atomic E-state index is -0.394. The first-order valence-corrected chi connectivity index (χ1v) is 4.10. The van der Waals surface area contributed by atoms with Crippen LogP contribution in [0.15, 0.2) is 22.9 Å². The van der Waals surface area contributed by atoms with Crippen LogP contribution in [0.4, 0.5) is 5.69 Å². The van der Waals surface area contributed by atoms with E-state index in [2.05, 4.69) is 26.2 Å². The van der Waals surface area contributed by atoms with Crippen molar-refractivity contribution in [3.8, 4) is 0 Å². The van der Waals surface area contributed by atoms with E-state index in [9.17, 15) is 4.79 Å². The van der Waals surface area contributed by atoms with Gasteiger partial charge in [-0.05, 0) is 22.0 Å². The number of hydrogen-bond acceptors (Lipinski definition) is 3. The van der Waals surface area contributed by atoms with Crippen molar-refractivity contribution in [2.24, 2.45) is 5.73 Å². The molecule has 1 aromatic heterocycles. The van der Waals surface area contributed by atoms with Gasteiger partial charge in [-0.25, -0.2) is 0 Å². The van der Waals surface area contributed by atoms with E-state index < -0.39 is 5.91 Å². The standard InChI is InChI=1S/C7H8BrN3O/c8-5-1-6(3-10-2-5)11-4-7(9)12/h1-3,11H,4H2,(H2,9,12). The van der Waals surface area contributed by atoms with E-state index in [-0.39, 0.29) is 6.54 Å². The van der Waals surface area contributed by atoms with Gasteiger partial charge in [0.2, 0.25) is 5.91 Å². The van der Waals surface area contributed by atoms with Gasteiger partial charge in [0.05, 0.1) is 18.4 Å². The van der Waals surface area contributed by atoms with E-state index in [1.54, 1.807) is 12.4 Å². The third-order valence-corrected chi connectivity index (χ3v) is 1.61. The molecule has 0 atom stereocenters. The number of halogens is 1. The summed E-state index contributed by atoms with van der Waals surface area (Å²) >= 11 is 3.25. The molecular weight excluding hydrogens is 222 g/mol. The van der Waals surface area contributed by atoms with E-state index in [4.69, 9.17) is 5.73 Å². The SMILES string of the molecule is NC(=O)CNc1cncc(Br)c1. The Kier molecular flexibility index (Phi) is 3.04. The van der Waals surface area contributed by atoms with Crippen LogP contribution in [-0.2, 0) is 4.79 Å². The molecule has 0 bridgehead atoms. The van der Waals surface area contributed by atoms with Crippen molar-refractivity contribution < 1.29 is 4.79 Å². The summed E-state index contributed by atoms with van der Waals surface area (Å²) in [6.45, 7) is 0.123. The molecule has 0 saturated heterocycles. The van der Waals surface area contributed by atoms with Gasteiger partial charge >= 0.3 is 0 Å². The topological polar surface area (TPSA) is 68.0 Å². The van der Waals surface area contributed by atoms with Crippen LogP contribution in [0.1, 0.15) is 0 Å². The third-order valence-electron chi connectivity index (χ3n) is 1.17. The van der Waals surface area contributed by atoms with E-state index in [0.29, 0.717) is 0 Å². The number of carbonyl (C=O) groups is 1. The predicted molar refractivity (Wildman–Crippen MR) is 49.6 cm³/mol. The lowest BCUT2D eigenvalue weighted by Crippen LogP contribution is -2.21. The van der Waals surface area contributed by atoms with Gasteiger partial charge in [0.15, 0.2) is 0 Å². The Labute approximate surface area is 78.3 Å². The molecule has 5 heteroatoms. The van der Waals surface area contributed by atoms with Crippen LogP contribution in [0.25, 0.3) is 0 Å². The number of nitrogens with two attached hydrogens (primary N) is 1. The maximum absolute atomic E-state index is 10.4. The summed E-state index contributed by atoms with van der Waals surface area (Å²) in [7, 11) is 0. The lowest BCUT2D eigenvalue weighted by molar-refractivity contribution is -0.116. The quantitative estimate of drug-likeness (QED) is 0.804. The minimum absolute atomic E-state index is 0.123. The number of carbonyl (C=O) groups excluding carboxylic acids is 1. The molecule has 1 amide bonds. The van der Waals surface area contributed by atoms with Crippen molar-refractivity contribution in [3.05, 3.63) is 22.9 Å². The molecule has 0 unspecified atom stereocenters. The largest absolute Gasteiger partial charge is 0.375 e. The van der Waals surface area contributed by atoms with Crippen LogP contribution in [0.3, 0.4) is 0 Å². The molecule has 0 saturated carbocycles. The number of primary amides is 1. The Morgan fingerprint density at radius 2 is 2.42 bits per heavy atom. The molecule has 1 rings (SSSR count). The zero-order valence-electron chi connectivity index (χ0n) is 6.25. The zero-order valence-corrected chi connectivity index (χ0v) is 7.84. The molecule has 0 aromatic carbocycles. The van der Waals surface area contributed by atoms with Gasteiger partial charge in [0.25, 0.3) is 0 Å². The molecular formula is C7H8BrN3O. The summed E-state index contributed by atoms with van der Waals surface area (Å²) in [4.78, 5) is 14.3. The van der Waals surface area contributed by atoms with Crippen molar-refractivity contribution in [1.82, 2.24) is 4.98 Å². The molecule has 12 heavy (non-hydrogen) atoms. The fourth-order valence-corrected chi connectivity index (χ4v) is 1.06. The van der Waals surface area contributed by atoms with Crippen molar-refractivity contribution in [2.75, 3.05) is 11.9 Å². The maximum Gasteiger partial charge on any atom is 0.236 e. The lowest BCUT2D eigenvalue weighted by Gasteiger charge is -2.02. The van der Waals surface area contributed by atoms with Crippen molar-refractivity contribution >= 4 is 27.5 Å². The van der Waals surface area contributed by atoms with Gasteiger partial charge < -0.3 is 11.1 Å². The Morgan fingerprint density at radius 1 is 1.67 bits per heavy atom. The van der Waals surface area contributed by atoms with E-state index in [0.717, 1.165) is 10.2 Å². The second kappa shape index (κ2) is 4.06. The highest BCUT2D eigenvalue weighted by atomic mass is 79.9. The van der Waals surface area contributed by atoms with Crippen LogP contribution in [0.5, 0.6) is 0 Å². The monoisotopic (exact) mass is 229 g/mol. The number of anilines is 1. The first-order chi connectivity index (χ1) is 5.68. The van der Waals surface area contributed by atoms with Crippen molar-refractivity contribution in [1.29, 1.82) is 0 Å². The van der Waals surface area contributed by atoms with E-state index in [1.165, 1.54) is 0 Å². The van der Waals surface area contributed by atoms with E-state index in [1.807, 2.05) is 6.07 Å². The molecule has 1 heterocycles. The summed E-state index contributed by atoms with van der Waals surface area (Å²) in [5, 5.41) is 2.82. The van der Waals surface area contributed by atoms with Crippen LogP contribution in [0.2, 0.25) is 0 Å². The number of rotatable bonds is 3. The zero-order chi connectivity index (χ0) is 8.97. The van der Waals surface area contributed by atoms with E-state index >= 15 is 0 Å². The molecule has 0 aliphatic rings. The highest BCUT2D eigenvalue weighted by Gasteiger charge is 1.95. The number of pyridine rings is 1. The molecule has 0 aliphatic carbocycles. The molecule has 0 fully saturated rings. The first-order valence-electron chi connectivity index (χ1n) is 3.31. The summed E-state index contributed by atoms with van der Waals surface area (Å²) in [6.07, 6.45) is 3.28. The number of aromatic nitrogens is 1. The van der Waals surface area contributed by atoms with Crippen LogP contribution >= 0.6 is 15.9 Å². The fourth-order valence-electron chi connectivity index (χ4n) is 0.698. The number of amides is 1. The average molecular weight is 230 g/mol. The molecule has 3 N–H and O–H groups in total. The summed E-state index contributed by atoms with van der Waals surface area (Å²) in [6, 6.07) is 1.82. The molecule has 0 spiro atoms. The Balaban J connectivity index is 2.57. The Hall–Kier alpha value is -1.10. The van der Waals surface area contributed by atoms with Crippen LogP contribution in [-0.4, -0.2) is 17.4 Å². The molecule has 0 radical (unpaired) electrons. The van der Waals surface area contributed by atoms with Gasteiger partial charge in [-0.1, -0.05) is 0 Å². The Bertz CT molecular complexity index is 290. The lowest BCUT2D eigenvalue weighted by atomic mass is 10.4. The minimum Gasteiger partial charge on any atom is -0.375 e. The Morgan fingerprint density at radius 3 is 3.00 bits per heavy atom. The van der Waals surface area contributed by atoms with Gasteiger partial charge in [0, 0.05) is 10.7 Å². The molecule has 4 nitrogen and oxygen atoms in total. The van der Waals surface area contributed by atoms with Gasteiger partial charge in [-0.15, -0.1) is 0 Å². The molecule has 1 aromatic rings.